The molecule has 0 bridgehead atoms. The Labute approximate surface area is 125 Å². The summed E-state index contributed by atoms with van der Waals surface area (Å²) < 4.78 is 0. The monoisotopic (exact) mass is 309 g/mol. The third-order valence-electron chi connectivity index (χ3n) is 2.61. The largest absolute Gasteiger partial charge is 0.301 e. The quantitative estimate of drug-likeness (QED) is 0.832. The Morgan fingerprint density at radius 1 is 1.20 bits per heavy atom. The predicted molar refractivity (Wildman–Crippen MR) is 80.5 cm³/mol. The lowest BCUT2D eigenvalue weighted by Gasteiger charge is -1.99. The molecule has 2 aromatic heterocycles. The van der Waals surface area contributed by atoms with Crippen LogP contribution in [0.15, 0.2) is 12.1 Å². The van der Waals surface area contributed by atoms with Crippen molar-refractivity contribution in [2.45, 2.75) is 33.1 Å². The molecular formula is C13H15N3O2S2. The number of hydrogen-bond donors (Lipinski definition) is 1. The van der Waals surface area contributed by atoms with E-state index in [4.69, 9.17) is 0 Å². The van der Waals surface area contributed by atoms with Crippen LogP contribution in [-0.2, 0) is 11.2 Å². The molecule has 0 aliphatic rings. The van der Waals surface area contributed by atoms with Crippen molar-refractivity contribution in [3.63, 3.8) is 0 Å². The van der Waals surface area contributed by atoms with Crippen molar-refractivity contribution < 1.29 is 9.59 Å². The van der Waals surface area contributed by atoms with Crippen LogP contribution in [0.4, 0.5) is 5.13 Å². The number of ketones is 1. The summed E-state index contributed by atoms with van der Waals surface area (Å²) in [5, 5.41) is 11.8. The van der Waals surface area contributed by atoms with Crippen LogP contribution in [0.2, 0.25) is 0 Å². The summed E-state index contributed by atoms with van der Waals surface area (Å²) in [5.74, 6) is -0.199. The summed E-state index contributed by atoms with van der Waals surface area (Å²) in [4.78, 5) is 25.4. The number of carbonyl (C=O) groups is 2. The van der Waals surface area contributed by atoms with Gasteiger partial charge in [0.25, 0.3) is 0 Å². The van der Waals surface area contributed by atoms with Crippen LogP contribution in [0.5, 0.6) is 0 Å². The molecule has 0 atom stereocenters. The summed E-state index contributed by atoms with van der Waals surface area (Å²) in [5.41, 5.74) is 0. The molecule has 0 fully saturated rings. The smallest absolute Gasteiger partial charge is 0.226 e. The fourth-order valence-corrected chi connectivity index (χ4v) is 3.09. The lowest BCUT2D eigenvalue weighted by Crippen LogP contribution is -2.13. The highest BCUT2D eigenvalue weighted by atomic mass is 32.1. The van der Waals surface area contributed by atoms with E-state index in [1.54, 1.807) is 6.07 Å². The summed E-state index contributed by atoms with van der Waals surface area (Å²) in [7, 11) is 0. The van der Waals surface area contributed by atoms with Crippen LogP contribution in [0.3, 0.4) is 0 Å². The van der Waals surface area contributed by atoms with E-state index in [2.05, 4.69) is 15.5 Å². The molecule has 0 saturated heterocycles. The second kappa shape index (κ2) is 6.71. The summed E-state index contributed by atoms with van der Waals surface area (Å²) >= 11 is 2.81. The average molecular weight is 309 g/mol. The zero-order chi connectivity index (χ0) is 14.5. The highest BCUT2D eigenvalue weighted by Gasteiger charge is 2.12. The van der Waals surface area contributed by atoms with Gasteiger partial charge in [0, 0.05) is 17.7 Å². The second-order valence-electron chi connectivity index (χ2n) is 4.24. The van der Waals surface area contributed by atoms with Crippen molar-refractivity contribution in [1.82, 2.24) is 10.2 Å². The van der Waals surface area contributed by atoms with Crippen molar-refractivity contribution >= 4 is 39.5 Å². The number of nitrogens with zero attached hydrogens (tertiary/aromatic N) is 2. The zero-order valence-electron chi connectivity index (χ0n) is 11.3. The Bertz CT molecular complexity index is 619. The van der Waals surface area contributed by atoms with Gasteiger partial charge < -0.3 is 5.32 Å². The van der Waals surface area contributed by atoms with Gasteiger partial charge in [-0.15, -0.1) is 21.5 Å². The molecule has 1 amide bonds. The maximum atomic E-state index is 11.9. The predicted octanol–water partition coefficient (Wildman–Crippen LogP) is 3.07. The molecule has 0 aliphatic heterocycles. The van der Waals surface area contributed by atoms with Crippen molar-refractivity contribution in [3.05, 3.63) is 26.9 Å². The number of carbonyl (C=O) groups excluding carboxylic acids is 2. The lowest BCUT2D eigenvalue weighted by molar-refractivity contribution is -0.116. The number of rotatable bonds is 6. The number of anilines is 1. The minimum Gasteiger partial charge on any atom is -0.301 e. The van der Waals surface area contributed by atoms with Gasteiger partial charge >= 0.3 is 0 Å². The molecule has 0 unspecified atom stereocenters. The Kier molecular flexibility index (Phi) is 4.97. The van der Waals surface area contributed by atoms with Gasteiger partial charge in [0.2, 0.25) is 11.0 Å². The summed E-state index contributed by atoms with van der Waals surface area (Å²) in [6.45, 7) is 3.93. The van der Waals surface area contributed by atoms with Gasteiger partial charge in [-0.2, -0.15) is 0 Å². The van der Waals surface area contributed by atoms with Gasteiger partial charge in [0.1, 0.15) is 5.01 Å². The molecule has 20 heavy (non-hydrogen) atoms. The normalized spacial score (nSPS) is 10.5. The Morgan fingerprint density at radius 2 is 2.00 bits per heavy atom. The Balaban J connectivity index is 1.81. The SMILES string of the molecule is CCc1nnc(NC(=O)CCC(=O)c2ccc(C)s2)s1. The van der Waals surface area contributed by atoms with E-state index in [1.807, 2.05) is 19.9 Å². The van der Waals surface area contributed by atoms with E-state index in [9.17, 15) is 9.59 Å². The van der Waals surface area contributed by atoms with Crippen LogP contribution < -0.4 is 5.32 Å². The minimum atomic E-state index is -0.203. The van der Waals surface area contributed by atoms with Gasteiger partial charge in [-0.25, -0.2) is 0 Å². The fraction of sp³-hybridized carbons (Fsp3) is 0.385. The van der Waals surface area contributed by atoms with Gasteiger partial charge in [0.15, 0.2) is 5.78 Å². The molecule has 2 rings (SSSR count). The number of thiophene rings is 1. The first-order valence-electron chi connectivity index (χ1n) is 6.30. The van der Waals surface area contributed by atoms with Crippen molar-refractivity contribution in [1.29, 1.82) is 0 Å². The molecule has 0 spiro atoms. The topological polar surface area (TPSA) is 72.0 Å². The molecule has 0 radical (unpaired) electrons. The average Bonchev–Trinajstić information content (AvgIpc) is 3.05. The first kappa shape index (κ1) is 14.8. The van der Waals surface area contributed by atoms with Crippen LogP contribution in [0.25, 0.3) is 0 Å². The van der Waals surface area contributed by atoms with Crippen molar-refractivity contribution in [2.24, 2.45) is 0 Å². The molecule has 2 aromatic rings. The third kappa shape index (κ3) is 3.94. The van der Waals surface area contributed by atoms with Gasteiger partial charge in [-0.05, 0) is 25.5 Å². The number of hydrogen-bond acceptors (Lipinski definition) is 6. The molecule has 7 heteroatoms. The van der Waals surface area contributed by atoms with Crippen molar-refractivity contribution in [2.75, 3.05) is 5.32 Å². The Morgan fingerprint density at radius 3 is 2.60 bits per heavy atom. The second-order valence-corrected chi connectivity index (χ2v) is 6.59. The molecular weight excluding hydrogens is 294 g/mol. The first-order valence-corrected chi connectivity index (χ1v) is 7.93. The highest BCUT2D eigenvalue weighted by molar-refractivity contribution is 7.15. The van der Waals surface area contributed by atoms with Crippen LogP contribution >= 0.6 is 22.7 Å². The molecule has 2 heterocycles. The van der Waals surface area contributed by atoms with Crippen LogP contribution in [-0.4, -0.2) is 21.9 Å². The molecule has 0 aromatic carbocycles. The third-order valence-corrected chi connectivity index (χ3v) is 4.63. The number of Topliss-reactive ketones (excluding diaryl/α,β-unsaturated/α-hetero) is 1. The van der Waals surface area contributed by atoms with Gasteiger partial charge in [-0.1, -0.05) is 18.3 Å². The fourth-order valence-electron chi connectivity index (χ4n) is 1.56. The number of aromatic nitrogens is 2. The Hall–Kier alpha value is -1.60. The van der Waals surface area contributed by atoms with E-state index in [-0.39, 0.29) is 24.5 Å². The first-order chi connectivity index (χ1) is 9.58. The molecule has 0 saturated carbocycles. The van der Waals surface area contributed by atoms with E-state index in [0.29, 0.717) is 10.0 Å². The number of nitrogens with one attached hydrogen (secondary N) is 1. The van der Waals surface area contributed by atoms with Gasteiger partial charge in [-0.3, -0.25) is 9.59 Å². The van der Waals surface area contributed by atoms with E-state index in [1.165, 1.54) is 22.7 Å². The van der Waals surface area contributed by atoms with E-state index >= 15 is 0 Å². The van der Waals surface area contributed by atoms with Crippen LogP contribution in [0.1, 0.15) is 39.3 Å². The standard InChI is InChI=1S/C13H15N3O2S2/c1-3-12-15-16-13(20-12)14-11(18)7-5-9(17)10-6-4-8(2)19-10/h4,6H,3,5,7H2,1-2H3,(H,14,16,18). The number of aryl methyl sites for hydroxylation is 2. The van der Waals surface area contributed by atoms with E-state index < -0.39 is 0 Å². The zero-order valence-corrected chi connectivity index (χ0v) is 12.9. The maximum absolute atomic E-state index is 11.9. The molecule has 106 valence electrons. The maximum Gasteiger partial charge on any atom is 0.226 e. The summed E-state index contributed by atoms with van der Waals surface area (Å²) in [6.07, 6.45) is 1.17. The summed E-state index contributed by atoms with van der Waals surface area (Å²) in [6, 6.07) is 3.71. The molecule has 1 N–H and O–H groups in total. The highest BCUT2D eigenvalue weighted by Crippen LogP contribution is 2.18. The molecule has 5 nitrogen and oxygen atoms in total. The number of amides is 1. The lowest BCUT2D eigenvalue weighted by atomic mass is 10.2. The van der Waals surface area contributed by atoms with E-state index in [0.717, 1.165) is 16.3 Å². The van der Waals surface area contributed by atoms with Gasteiger partial charge in [0.05, 0.1) is 4.88 Å². The van der Waals surface area contributed by atoms with Crippen molar-refractivity contribution in [3.8, 4) is 0 Å². The minimum absolute atomic E-state index is 0.00441. The van der Waals surface area contributed by atoms with Crippen LogP contribution in [0, 0.1) is 6.92 Å². The molecule has 0 aliphatic carbocycles.